The molecule has 0 aliphatic carbocycles. The molecule has 1 saturated heterocycles. The second-order valence-corrected chi connectivity index (χ2v) is 6.71. The highest BCUT2D eigenvalue weighted by Gasteiger charge is 2.28. The molecule has 0 bridgehead atoms. The summed E-state index contributed by atoms with van der Waals surface area (Å²) in [4.78, 5) is 23.2. The van der Waals surface area contributed by atoms with Crippen molar-refractivity contribution in [3.05, 3.63) is 29.8 Å². The molecule has 0 unspecified atom stereocenters. The smallest absolute Gasteiger partial charge is 0.308 e. The number of carbonyl (C=O) groups is 2. The van der Waals surface area contributed by atoms with Crippen LogP contribution >= 0.6 is 0 Å². The molecule has 0 saturated carbocycles. The monoisotopic (exact) mass is 265 g/mol. The molecule has 1 aliphatic rings. The predicted octanol–water partition coefficient (Wildman–Crippen LogP) is 2.21. The molecule has 0 atom stereocenters. The number of hydrogen-bond donors (Lipinski definition) is 0. The van der Waals surface area contributed by atoms with Crippen LogP contribution in [0.25, 0.3) is 0 Å². The van der Waals surface area contributed by atoms with Gasteiger partial charge >= 0.3 is 5.97 Å². The minimum atomic E-state index is -0.390. The molecule has 1 aliphatic heterocycles. The number of ether oxygens (including phenoxy) is 1. The Morgan fingerprint density at radius 1 is 1.22 bits per heavy atom. The Morgan fingerprint density at radius 2 is 1.89 bits per heavy atom. The van der Waals surface area contributed by atoms with E-state index in [2.05, 4.69) is 0 Å². The van der Waals surface area contributed by atoms with E-state index >= 15 is 0 Å². The Kier molecular flexibility index (Phi) is 4.42. The normalized spacial score (nSPS) is 15.6. The zero-order chi connectivity index (χ0) is 13.0. The maximum absolute atomic E-state index is 12.2. The number of carbonyl (C=O) groups excluding carboxylic acids is 2. The first-order valence-electron chi connectivity index (χ1n) is 6.11. The molecule has 0 aromatic heterocycles. The maximum Gasteiger partial charge on any atom is 0.308 e. The first kappa shape index (κ1) is 13.1. The maximum atomic E-state index is 12.2. The van der Waals surface area contributed by atoms with E-state index in [1.54, 1.807) is 24.3 Å². The molecule has 0 radical (unpaired) electrons. The second kappa shape index (κ2) is 6.05. The second-order valence-electron chi connectivity index (χ2n) is 4.39. The highest BCUT2D eigenvalue weighted by atomic mass is 32.2. The van der Waals surface area contributed by atoms with Gasteiger partial charge in [0.15, 0.2) is 5.75 Å². The largest absolute Gasteiger partial charge is 0.426 e. The third-order valence-electron chi connectivity index (χ3n) is 2.89. The number of para-hydroxylation sites is 1. The van der Waals surface area contributed by atoms with Gasteiger partial charge in [0.05, 0.1) is 5.56 Å². The van der Waals surface area contributed by atoms with E-state index in [0.29, 0.717) is 17.1 Å². The van der Waals surface area contributed by atoms with Crippen LogP contribution in [0.4, 0.5) is 0 Å². The van der Waals surface area contributed by atoms with E-state index in [9.17, 15) is 9.59 Å². The number of ketones is 1. The molecule has 0 spiro atoms. The van der Waals surface area contributed by atoms with Crippen molar-refractivity contribution in [3.63, 3.8) is 0 Å². The molecule has 2 rings (SSSR count). The van der Waals surface area contributed by atoms with Gasteiger partial charge in [0, 0.05) is 6.92 Å². The fraction of sp³-hybridized carbons (Fsp3) is 0.429. The van der Waals surface area contributed by atoms with Gasteiger partial charge in [-0.05, 0) is 35.9 Å². The first-order chi connectivity index (χ1) is 8.66. The third-order valence-corrected chi connectivity index (χ3v) is 5.29. The molecule has 18 heavy (non-hydrogen) atoms. The molecule has 0 amide bonds. The summed E-state index contributed by atoms with van der Waals surface area (Å²) >= 11 is 0. The highest BCUT2D eigenvalue weighted by Crippen LogP contribution is 2.21. The van der Waals surface area contributed by atoms with Crippen molar-refractivity contribution in [2.75, 3.05) is 17.3 Å². The van der Waals surface area contributed by atoms with Gasteiger partial charge in [-0.1, -0.05) is 12.1 Å². The number of Topliss-reactive ketones (excluding diaryl/α,β-unsaturated/α-hetero) is 1. The number of esters is 1. The predicted molar refractivity (Wildman–Crippen MR) is 73.3 cm³/mol. The van der Waals surface area contributed by atoms with Crippen LogP contribution in [0.5, 0.6) is 5.75 Å². The van der Waals surface area contributed by atoms with E-state index in [-0.39, 0.29) is 16.7 Å². The van der Waals surface area contributed by atoms with Gasteiger partial charge in [-0.25, -0.2) is 0 Å². The summed E-state index contributed by atoms with van der Waals surface area (Å²) in [5.74, 6) is 3.02. The minimum Gasteiger partial charge on any atom is -0.426 e. The van der Waals surface area contributed by atoms with E-state index in [0.717, 1.165) is 0 Å². The molecule has 1 aromatic rings. The van der Waals surface area contributed by atoms with Gasteiger partial charge < -0.3 is 4.74 Å². The lowest BCUT2D eigenvalue weighted by Crippen LogP contribution is -2.19. The van der Waals surface area contributed by atoms with Crippen LogP contribution < -0.4 is 4.74 Å². The summed E-state index contributed by atoms with van der Waals surface area (Å²) in [6, 6.07) is 6.98. The Morgan fingerprint density at radius 3 is 2.56 bits per heavy atom. The molecule has 1 aromatic carbocycles. The Hall–Kier alpha value is -1.29. The quantitative estimate of drug-likeness (QED) is 0.363. The van der Waals surface area contributed by atoms with Gasteiger partial charge in [0.1, 0.15) is 17.3 Å². The van der Waals surface area contributed by atoms with Crippen LogP contribution in [0.15, 0.2) is 24.3 Å². The van der Waals surface area contributed by atoms with Crippen molar-refractivity contribution in [1.29, 1.82) is 0 Å². The Balaban J connectivity index is 2.10. The number of benzene rings is 1. The summed E-state index contributed by atoms with van der Waals surface area (Å²) in [6.45, 7) is 1.35. The summed E-state index contributed by atoms with van der Waals surface area (Å²) < 4.78 is 5.07. The fourth-order valence-corrected chi connectivity index (χ4v) is 4.31. The lowest BCUT2D eigenvalue weighted by molar-refractivity contribution is -0.131. The van der Waals surface area contributed by atoms with Crippen molar-refractivity contribution in [2.45, 2.75) is 19.8 Å². The van der Waals surface area contributed by atoms with Crippen LogP contribution in [0.2, 0.25) is 0 Å². The average Bonchev–Trinajstić information content (AvgIpc) is 2.81. The molecule has 0 N–H and O–H groups in total. The average molecular weight is 265 g/mol. The van der Waals surface area contributed by atoms with Crippen molar-refractivity contribution in [1.82, 2.24) is 0 Å². The lowest BCUT2D eigenvalue weighted by Gasteiger charge is -2.07. The summed E-state index contributed by atoms with van der Waals surface area (Å²) in [6.07, 6.45) is 2.48. The van der Waals surface area contributed by atoms with Crippen molar-refractivity contribution in [2.24, 2.45) is 0 Å². The molecular formula is C14H17O3S+. The van der Waals surface area contributed by atoms with Gasteiger partial charge in [-0.2, -0.15) is 0 Å². The van der Waals surface area contributed by atoms with Crippen LogP contribution in [0.1, 0.15) is 30.1 Å². The van der Waals surface area contributed by atoms with E-state index < -0.39 is 5.97 Å². The van der Waals surface area contributed by atoms with Crippen molar-refractivity contribution >= 4 is 22.6 Å². The standard InChI is InChI=1S/C14H17O3S/c1-11(15)17-14-7-3-2-6-12(14)13(16)10-18-8-4-5-9-18/h2-3,6-7H,4-5,8-10H2,1H3/q+1. The molecule has 96 valence electrons. The van der Waals surface area contributed by atoms with Gasteiger partial charge in [-0.15, -0.1) is 0 Å². The number of hydrogen-bond acceptors (Lipinski definition) is 3. The molecular weight excluding hydrogens is 248 g/mol. The summed E-state index contributed by atoms with van der Waals surface area (Å²) in [7, 11) is 0.231. The molecule has 3 nitrogen and oxygen atoms in total. The summed E-state index contributed by atoms with van der Waals surface area (Å²) in [5, 5.41) is 0. The number of rotatable bonds is 4. The van der Waals surface area contributed by atoms with Crippen LogP contribution in [-0.2, 0) is 15.7 Å². The first-order valence-corrected chi connectivity index (χ1v) is 7.85. The highest BCUT2D eigenvalue weighted by molar-refractivity contribution is 7.97. The lowest BCUT2D eigenvalue weighted by atomic mass is 10.1. The van der Waals surface area contributed by atoms with Crippen molar-refractivity contribution < 1.29 is 14.3 Å². The van der Waals surface area contributed by atoms with Crippen LogP contribution in [0.3, 0.4) is 0 Å². The van der Waals surface area contributed by atoms with E-state index in [1.165, 1.54) is 31.3 Å². The van der Waals surface area contributed by atoms with E-state index in [4.69, 9.17) is 4.74 Å². The van der Waals surface area contributed by atoms with Gasteiger partial charge in [0.2, 0.25) is 5.78 Å². The van der Waals surface area contributed by atoms with Crippen LogP contribution in [-0.4, -0.2) is 29.0 Å². The topological polar surface area (TPSA) is 43.4 Å². The SMILES string of the molecule is CC(=O)Oc1ccccc1C(=O)C[S+]1CCCC1. The van der Waals surface area contributed by atoms with Crippen molar-refractivity contribution in [3.8, 4) is 5.75 Å². The minimum absolute atomic E-state index is 0.0945. The molecule has 1 fully saturated rings. The van der Waals surface area contributed by atoms with Gasteiger partial charge in [-0.3, -0.25) is 9.59 Å². The van der Waals surface area contributed by atoms with Gasteiger partial charge in [0.25, 0.3) is 0 Å². The molecule has 1 heterocycles. The fourth-order valence-electron chi connectivity index (χ4n) is 2.06. The Labute approximate surface area is 110 Å². The van der Waals surface area contributed by atoms with E-state index in [1.807, 2.05) is 0 Å². The zero-order valence-corrected chi connectivity index (χ0v) is 11.3. The summed E-state index contributed by atoms with van der Waals surface area (Å²) in [5.41, 5.74) is 0.534. The molecule has 4 heteroatoms. The third kappa shape index (κ3) is 3.35. The Bertz CT molecular complexity index is 450. The van der Waals surface area contributed by atoms with Crippen LogP contribution in [0, 0.1) is 0 Å². The zero-order valence-electron chi connectivity index (χ0n) is 10.5.